The number of carbonyl (C=O) groups is 1. The highest BCUT2D eigenvalue weighted by Gasteiger charge is 2.37. The Kier molecular flexibility index (Phi) is 7.81. The van der Waals surface area contributed by atoms with Gasteiger partial charge in [0.2, 0.25) is 5.91 Å². The van der Waals surface area contributed by atoms with Crippen molar-refractivity contribution in [3.8, 4) is 11.5 Å². The topological polar surface area (TPSA) is 84.9 Å². The van der Waals surface area contributed by atoms with Crippen LogP contribution in [0, 0.1) is 17.3 Å². The van der Waals surface area contributed by atoms with Crippen LogP contribution in [0.5, 0.6) is 11.5 Å². The number of ether oxygens (including phenoxy) is 2. The van der Waals surface area contributed by atoms with Gasteiger partial charge in [-0.05, 0) is 68.5 Å². The number of hydrogen-bond donors (Lipinski definition) is 1. The minimum atomic E-state index is -3.81. The van der Waals surface area contributed by atoms with E-state index in [-0.39, 0.29) is 17.4 Å². The quantitative estimate of drug-likeness (QED) is 0.516. The minimum absolute atomic E-state index is 0.00000570. The van der Waals surface area contributed by atoms with Crippen molar-refractivity contribution in [1.82, 2.24) is 0 Å². The van der Waals surface area contributed by atoms with Crippen molar-refractivity contribution in [3.05, 3.63) is 42.5 Å². The van der Waals surface area contributed by atoms with Crippen molar-refractivity contribution < 1.29 is 22.7 Å². The van der Waals surface area contributed by atoms with E-state index in [0.717, 1.165) is 6.42 Å². The van der Waals surface area contributed by atoms with Gasteiger partial charge in [-0.1, -0.05) is 27.7 Å². The third kappa shape index (κ3) is 6.23. The van der Waals surface area contributed by atoms with E-state index in [1.54, 1.807) is 35.2 Å². The number of carbonyl (C=O) groups excluding carboxylic acids is 1. The van der Waals surface area contributed by atoms with Gasteiger partial charge in [0.25, 0.3) is 10.0 Å². The molecule has 8 heteroatoms. The number of amides is 1. The molecule has 0 unspecified atom stereocenters. The largest absolute Gasteiger partial charge is 0.493 e. The molecule has 0 aliphatic carbocycles. The van der Waals surface area contributed by atoms with E-state index in [2.05, 4.69) is 18.6 Å². The Bertz CT molecular complexity index is 1110. The molecule has 3 rings (SSSR count). The number of anilines is 2. The van der Waals surface area contributed by atoms with E-state index in [0.29, 0.717) is 47.9 Å². The summed E-state index contributed by atoms with van der Waals surface area (Å²) < 4.78 is 40.1. The van der Waals surface area contributed by atoms with Gasteiger partial charge < -0.3 is 14.4 Å². The molecule has 1 heterocycles. The fourth-order valence-electron chi connectivity index (χ4n) is 3.51. The summed E-state index contributed by atoms with van der Waals surface area (Å²) in [5.74, 6) is 1.93. The first kappa shape index (κ1) is 25.9. The molecule has 1 amide bonds. The van der Waals surface area contributed by atoms with Gasteiger partial charge in [-0.15, -0.1) is 0 Å². The fraction of sp³-hybridized carbons (Fsp3) is 0.500. The summed E-state index contributed by atoms with van der Waals surface area (Å²) in [6.07, 6.45) is 0.854. The molecule has 0 atom stereocenters. The molecule has 0 saturated carbocycles. The number of nitrogens with one attached hydrogen (secondary N) is 1. The number of benzene rings is 2. The van der Waals surface area contributed by atoms with Crippen LogP contribution < -0.4 is 19.1 Å². The van der Waals surface area contributed by atoms with Crippen LogP contribution in [-0.4, -0.2) is 34.1 Å². The molecule has 186 valence electrons. The molecule has 0 radical (unpaired) electrons. The number of fused-ring (bicyclic) bond motifs is 1. The van der Waals surface area contributed by atoms with Gasteiger partial charge in [-0.25, -0.2) is 8.42 Å². The Morgan fingerprint density at radius 3 is 2.35 bits per heavy atom. The number of rotatable bonds is 9. The Morgan fingerprint density at radius 2 is 1.74 bits per heavy atom. The van der Waals surface area contributed by atoms with Gasteiger partial charge in [0.05, 0.1) is 28.3 Å². The van der Waals surface area contributed by atoms with Gasteiger partial charge in [0, 0.05) is 12.6 Å². The second-order valence-electron chi connectivity index (χ2n) is 10.3. The van der Waals surface area contributed by atoms with Gasteiger partial charge in [-0.2, -0.15) is 0 Å². The molecule has 7 nitrogen and oxygen atoms in total. The molecule has 1 N–H and O–H groups in total. The van der Waals surface area contributed by atoms with Crippen molar-refractivity contribution in [1.29, 1.82) is 0 Å². The molecule has 1 aliphatic heterocycles. The molecule has 0 fully saturated rings. The average molecular weight is 489 g/mol. The molecule has 2 aromatic carbocycles. The zero-order valence-corrected chi connectivity index (χ0v) is 21.7. The van der Waals surface area contributed by atoms with E-state index in [1.165, 1.54) is 12.1 Å². The maximum atomic E-state index is 13.2. The Morgan fingerprint density at radius 1 is 1.06 bits per heavy atom. The lowest BCUT2D eigenvalue weighted by atomic mass is 9.92. The van der Waals surface area contributed by atoms with Crippen molar-refractivity contribution >= 4 is 27.3 Å². The molecule has 1 aliphatic rings. The lowest BCUT2D eigenvalue weighted by Crippen LogP contribution is -2.42. The molecule has 34 heavy (non-hydrogen) atoms. The summed E-state index contributed by atoms with van der Waals surface area (Å²) in [4.78, 5) is 15.1. The maximum absolute atomic E-state index is 13.2. The average Bonchev–Trinajstić information content (AvgIpc) is 2.85. The highest BCUT2D eigenvalue weighted by Crippen LogP contribution is 2.39. The van der Waals surface area contributed by atoms with Crippen molar-refractivity contribution in [2.24, 2.45) is 17.3 Å². The highest BCUT2D eigenvalue weighted by molar-refractivity contribution is 7.92. The molecular formula is C26H36N2O5S. The van der Waals surface area contributed by atoms with Crippen LogP contribution in [0.3, 0.4) is 0 Å². The molecule has 2 aromatic rings. The van der Waals surface area contributed by atoms with Crippen molar-refractivity contribution in [2.75, 3.05) is 29.4 Å². The van der Waals surface area contributed by atoms with Crippen molar-refractivity contribution in [3.63, 3.8) is 0 Å². The first-order valence-corrected chi connectivity index (χ1v) is 13.2. The molecule has 0 aromatic heterocycles. The predicted molar refractivity (Wildman–Crippen MR) is 135 cm³/mol. The third-order valence-corrected chi connectivity index (χ3v) is 6.96. The van der Waals surface area contributed by atoms with Crippen molar-refractivity contribution in [2.45, 2.75) is 52.9 Å². The zero-order valence-electron chi connectivity index (χ0n) is 20.9. The maximum Gasteiger partial charge on any atom is 0.261 e. The standard InChI is InChI=1S/C26H36N2O5S/c1-18(2)13-14-28-23-12-7-20(15-24(23)33-17-26(5,6)25(28)29)27-34(30,31)22-10-8-21(9-11-22)32-16-19(3)4/h7-12,15,18-19,27H,13-14,16-17H2,1-6H3. The summed E-state index contributed by atoms with van der Waals surface area (Å²) >= 11 is 0. The predicted octanol–water partition coefficient (Wildman–Crippen LogP) is 5.32. The van der Waals surface area contributed by atoms with Crippen LogP contribution in [0.4, 0.5) is 11.4 Å². The second kappa shape index (κ2) is 10.3. The summed E-state index contributed by atoms with van der Waals surface area (Å²) in [7, 11) is -3.81. The van der Waals surface area contributed by atoms with Crippen LogP contribution in [0.1, 0.15) is 48.0 Å². The van der Waals surface area contributed by atoms with Crippen LogP contribution in [0.15, 0.2) is 47.4 Å². The van der Waals surface area contributed by atoms with Crippen LogP contribution >= 0.6 is 0 Å². The molecule has 0 saturated heterocycles. The molecule has 0 spiro atoms. The highest BCUT2D eigenvalue weighted by atomic mass is 32.2. The van der Waals surface area contributed by atoms with Crippen LogP contribution in [0.25, 0.3) is 0 Å². The number of sulfonamides is 1. The normalized spacial score (nSPS) is 15.6. The zero-order chi connectivity index (χ0) is 25.1. The van der Waals surface area contributed by atoms with E-state index >= 15 is 0 Å². The van der Waals surface area contributed by atoms with E-state index in [1.807, 2.05) is 27.7 Å². The minimum Gasteiger partial charge on any atom is -0.493 e. The smallest absolute Gasteiger partial charge is 0.261 e. The van der Waals surface area contributed by atoms with Crippen LogP contribution in [-0.2, 0) is 14.8 Å². The van der Waals surface area contributed by atoms with Crippen LogP contribution in [0.2, 0.25) is 0 Å². The SMILES string of the molecule is CC(C)CCN1C(=O)C(C)(C)COc2cc(NS(=O)(=O)c3ccc(OCC(C)C)cc3)ccc21. The Labute approximate surface area is 203 Å². The lowest BCUT2D eigenvalue weighted by Gasteiger charge is -2.28. The monoisotopic (exact) mass is 488 g/mol. The summed E-state index contributed by atoms with van der Waals surface area (Å²) in [6, 6.07) is 11.4. The van der Waals surface area contributed by atoms with Gasteiger partial charge in [-0.3, -0.25) is 9.52 Å². The van der Waals surface area contributed by atoms with Gasteiger partial charge in [0.15, 0.2) is 0 Å². The molecular weight excluding hydrogens is 452 g/mol. The second-order valence-corrected chi connectivity index (χ2v) is 12.0. The van der Waals surface area contributed by atoms with Gasteiger partial charge in [0.1, 0.15) is 18.1 Å². The number of hydrogen-bond acceptors (Lipinski definition) is 5. The fourth-order valence-corrected chi connectivity index (χ4v) is 4.56. The first-order chi connectivity index (χ1) is 15.9. The number of nitrogens with zero attached hydrogens (tertiary/aromatic N) is 1. The lowest BCUT2D eigenvalue weighted by molar-refractivity contribution is -0.127. The van der Waals surface area contributed by atoms with Gasteiger partial charge >= 0.3 is 0 Å². The van der Waals surface area contributed by atoms with E-state index < -0.39 is 15.4 Å². The Balaban J connectivity index is 1.83. The summed E-state index contributed by atoms with van der Waals surface area (Å²) in [5.41, 5.74) is 0.343. The Hall–Kier alpha value is -2.74. The molecule has 0 bridgehead atoms. The summed E-state index contributed by atoms with van der Waals surface area (Å²) in [5, 5.41) is 0. The summed E-state index contributed by atoms with van der Waals surface area (Å²) in [6.45, 7) is 13.4. The van der Waals surface area contributed by atoms with E-state index in [9.17, 15) is 13.2 Å². The first-order valence-electron chi connectivity index (χ1n) is 11.7. The van der Waals surface area contributed by atoms with E-state index in [4.69, 9.17) is 9.47 Å². The third-order valence-electron chi connectivity index (χ3n) is 5.56.